The molecule has 4 N–H and O–H groups in total. The lowest BCUT2D eigenvalue weighted by Gasteiger charge is -2.27. The van der Waals surface area contributed by atoms with Gasteiger partial charge in [0.05, 0.1) is 10.6 Å². The van der Waals surface area contributed by atoms with Crippen LogP contribution in [0.1, 0.15) is 27.7 Å². The predicted octanol–water partition coefficient (Wildman–Crippen LogP) is 2.97. The quantitative estimate of drug-likeness (QED) is 0.433. The molecule has 0 amide bonds. The number of hydrazine groups is 1. The number of nitrogen functional groups attached to an aromatic ring is 1. The fourth-order valence-electron chi connectivity index (χ4n) is 1.48. The van der Waals surface area contributed by atoms with Crippen LogP contribution < -0.4 is 16.6 Å². The summed E-state index contributed by atoms with van der Waals surface area (Å²) in [6.45, 7) is 9.39. The van der Waals surface area contributed by atoms with Gasteiger partial charge in [-0.05, 0) is 17.4 Å². The first-order chi connectivity index (χ1) is 8.74. The number of nitrogens with zero attached hydrogens (tertiary/aromatic N) is 1. The van der Waals surface area contributed by atoms with E-state index in [1.165, 1.54) is 12.1 Å². The number of benzene rings is 1. The largest absolute Gasteiger partial charge is 0.384 e. The molecule has 0 heterocycles. The lowest BCUT2D eigenvalue weighted by molar-refractivity contribution is -0.384. The molecule has 1 aromatic rings. The van der Waals surface area contributed by atoms with Crippen molar-refractivity contribution in [3.05, 3.63) is 28.3 Å². The van der Waals surface area contributed by atoms with Gasteiger partial charge in [-0.15, -0.1) is 0 Å². The molecule has 0 bridgehead atoms. The Morgan fingerprint density at radius 3 is 2.37 bits per heavy atom. The van der Waals surface area contributed by atoms with Crippen molar-refractivity contribution in [3.8, 4) is 0 Å². The van der Waals surface area contributed by atoms with Crippen molar-refractivity contribution in [2.45, 2.75) is 27.7 Å². The molecule has 0 aromatic heterocycles. The lowest BCUT2D eigenvalue weighted by atomic mass is 9.82. The Balaban J connectivity index is 2.83. The van der Waals surface area contributed by atoms with Gasteiger partial charge >= 0.3 is 0 Å². The van der Waals surface area contributed by atoms with E-state index in [1.54, 1.807) is 6.07 Å². The third-order valence-corrected chi connectivity index (χ3v) is 3.39. The van der Waals surface area contributed by atoms with E-state index in [-0.39, 0.29) is 11.1 Å². The van der Waals surface area contributed by atoms with E-state index in [0.29, 0.717) is 17.3 Å². The molecular weight excluding hydrogens is 244 g/mol. The van der Waals surface area contributed by atoms with Crippen LogP contribution in [0.2, 0.25) is 0 Å². The van der Waals surface area contributed by atoms with Gasteiger partial charge in [0.2, 0.25) is 0 Å². The van der Waals surface area contributed by atoms with Crippen molar-refractivity contribution in [1.29, 1.82) is 0 Å². The van der Waals surface area contributed by atoms with Gasteiger partial charge in [-0.25, -0.2) is 0 Å². The van der Waals surface area contributed by atoms with E-state index in [0.717, 1.165) is 6.54 Å². The van der Waals surface area contributed by atoms with Crippen LogP contribution in [-0.4, -0.2) is 11.5 Å². The first kappa shape index (κ1) is 15.2. The molecule has 6 heteroatoms. The fourth-order valence-corrected chi connectivity index (χ4v) is 1.48. The number of nitro benzene ring substituents is 1. The van der Waals surface area contributed by atoms with Crippen molar-refractivity contribution >= 4 is 17.1 Å². The monoisotopic (exact) mass is 266 g/mol. The van der Waals surface area contributed by atoms with E-state index in [9.17, 15) is 10.1 Å². The molecule has 0 spiro atoms. The maximum absolute atomic E-state index is 10.8. The summed E-state index contributed by atoms with van der Waals surface area (Å²) in [5, 5.41) is 14.0. The van der Waals surface area contributed by atoms with Gasteiger partial charge in [0.1, 0.15) is 0 Å². The molecule has 19 heavy (non-hydrogen) atoms. The molecule has 0 saturated heterocycles. The minimum absolute atomic E-state index is 0.0151. The average molecular weight is 266 g/mol. The molecule has 0 saturated carbocycles. The summed E-state index contributed by atoms with van der Waals surface area (Å²) in [6.07, 6.45) is 0. The first-order valence-electron chi connectivity index (χ1n) is 6.24. The molecule has 6 nitrogen and oxygen atoms in total. The SMILES string of the molecule is CC(CNc1cc(NN)cc([N+](=O)[O-])c1)C(C)(C)C. The van der Waals surface area contributed by atoms with E-state index >= 15 is 0 Å². The molecule has 1 atom stereocenters. The number of anilines is 2. The Morgan fingerprint density at radius 2 is 1.89 bits per heavy atom. The first-order valence-corrected chi connectivity index (χ1v) is 6.24. The van der Waals surface area contributed by atoms with E-state index in [1.807, 2.05) is 0 Å². The molecule has 0 aliphatic heterocycles. The topological polar surface area (TPSA) is 93.2 Å². The van der Waals surface area contributed by atoms with Crippen LogP contribution in [-0.2, 0) is 0 Å². The van der Waals surface area contributed by atoms with Crippen LogP contribution in [0, 0.1) is 21.4 Å². The smallest absolute Gasteiger partial charge is 0.273 e. The third-order valence-electron chi connectivity index (χ3n) is 3.39. The second kappa shape index (κ2) is 5.88. The van der Waals surface area contributed by atoms with Crippen LogP contribution in [0.3, 0.4) is 0 Å². The summed E-state index contributed by atoms with van der Waals surface area (Å²) in [4.78, 5) is 10.4. The summed E-state index contributed by atoms with van der Waals surface area (Å²) in [5.74, 6) is 5.74. The second-order valence-corrected chi connectivity index (χ2v) is 5.82. The fraction of sp³-hybridized carbons (Fsp3) is 0.538. The van der Waals surface area contributed by atoms with Crippen molar-refractivity contribution in [3.63, 3.8) is 0 Å². The minimum Gasteiger partial charge on any atom is -0.384 e. The minimum atomic E-state index is -0.431. The zero-order chi connectivity index (χ0) is 14.6. The Labute approximate surface area is 113 Å². The molecule has 1 aromatic carbocycles. The summed E-state index contributed by atoms with van der Waals surface area (Å²) >= 11 is 0. The number of nitro groups is 1. The number of rotatable bonds is 5. The molecule has 0 aliphatic carbocycles. The summed E-state index contributed by atoms with van der Waals surface area (Å²) in [5.41, 5.74) is 3.84. The third kappa shape index (κ3) is 4.40. The highest BCUT2D eigenvalue weighted by Gasteiger charge is 2.19. The van der Waals surface area contributed by atoms with E-state index < -0.39 is 4.92 Å². The summed E-state index contributed by atoms with van der Waals surface area (Å²) < 4.78 is 0. The van der Waals surface area contributed by atoms with Gasteiger partial charge in [0, 0.05) is 24.4 Å². The van der Waals surface area contributed by atoms with Gasteiger partial charge < -0.3 is 10.7 Å². The maximum atomic E-state index is 10.8. The summed E-state index contributed by atoms with van der Waals surface area (Å²) in [6, 6.07) is 4.66. The van der Waals surface area contributed by atoms with Crippen molar-refractivity contribution < 1.29 is 4.92 Å². The average Bonchev–Trinajstić information content (AvgIpc) is 2.34. The van der Waals surface area contributed by atoms with Crippen LogP contribution >= 0.6 is 0 Å². The van der Waals surface area contributed by atoms with Crippen molar-refractivity contribution in [2.24, 2.45) is 17.2 Å². The summed E-state index contributed by atoms with van der Waals surface area (Å²) in [7, 11) is 0. The van der Waals surface area contributed by atoms with Crippen LogP contribution in [0.4, 0.5) is 17.1 Å². The van der Waals surface area contributed by atoms with Crippen molar-refractivity contribution in [1.82, 2.24) is 0 Å². The standard InChI is InChI=1S/C13H22N4O2/c1-9(13(2,3)4)8-15-10-5-11(16-14)7-12(6-10)17(18)19/h5-7,9,15-16H,8,14H2,1-4H3. The number of hydrogen-bond acceptors (Lipinski definition) is 5. The highest BCUT2D eigenvalue weighted by atomic mass is 16.6. The number of hydrogen-bond donors (Lipinski definition) is 3. The normalized spacial score (nSPS) is 12.9. The lowest BCUT2D eigenvalue weighted by Crippen LogP contribution is -2.24. The van der Waals surface area contributed by atoms with Crippen LogP contribution in [0.5, 0.6) is 0 Å². The van der Waals surface area contributed by atoms with Gasteiger partial charge in [-0.3, -0.25) is 16.0 Å². The zero-order valence-corrected chi connectivity index (χ0v) is 11.9. The molecule has 0 fully saturated rings. The highest BCUT2D eigenvalue weighted by molar-refractivity contribution is 5.63. The zero-order valence-electron chi connectivity index (χ0n) is 11.9. The molecule has 0 radical (unpaired) electrons. The molecular formula is C13H22N4O2. The Morgan fingerprint density at radius 1 is 1.32 bits per heavy atom. The number of non-ortho nitro benzene ring substituents is 1. The second-order valence-electron chi connectivity index (χ2n) is 5.82. The van der Waals surface area contributed by atoms with Gasteiger partial charge in [0.15, 0.2) is 0 Å². The Kier molecular flexibility index (Phi) is 4.72. The Hall–Kier alpha value is -1.82. The Bertz CT molecular complexity index is 454. The molecule has 106 valence electrons. The van der Waals surface area contributed by atoms with Crippen LogP contribution in [0.25, 0.3) is 0 Å². The van der Waals surface area contributed by atoms with E-state index in [2.05, 4.69) is 38.4 Å². The van der Waals surface area contributed by atoms with Gasteiger partial charge in [0.25, 0.3) is 5.69 Å². The molecule has 1 rings (SSSR count). The highest BCUT2D eigenvalue weighted by Crippen LogP contribution is 2.27. The number of nitrogens with one attached hydrogen (secondary N) is 2. The number of nitrogens with two attached hydrogens (primary N) is 1. The molecule has 1 unspecified atom stereocenters. The van der Waals surface area contributed by atoms with Gasteiger partial charge in [-0.1, -0.05) is 27.7 Å². The van der Waals surface area contributed by atoms with Crippen LogP contribution in [0.15, 0.2) is 18.2 Å². The molecule has 0 aliphatic rings. The predicted molar refractivity (Wildman–Crippen MR) is 78.0 cm³/mol. The van der Waals surface area contributed by atoms with E-state index in [4.69, 9.17) is 5.84 Å². The van der Waals surface area contributed by atoms with Crippen molar-refractivity contribution in [2.75, 3.05) is 17.3 Å². The van der Waals surface area contributed by atoms with Gasteiger partial charge in [-0.2, -0.15) is 0 Å². The maximum Gasteiger partial charge on any atom is 0.273 e.